The number of aryl methyl sites for hydroxylation is 1. The molecule has 0 amide bonds. The number of rotatable bonds is 8. The zero-order valence-corrected chi connectivity index (χ0v) is 13.2. The summed E-state index contributed by atoms with van der Waals surface area (Å²) in [5, 5.41) is 9.03. The van der Waals surface area contributed by atoms with Crippen LogP contribution in [0.15, 0.2) is 23.1 Å². The minimum Gasteiger partial charge on any atom is -0.496 e. The van der Waals surface area contributed by atoms with Crippen LogP contribution in [0.1, 0.15) is 25.3 Å². The van der Waals surface area contributed by atoms with Gasteiger partial charge in [-0.3, -0.25) is 4.79 Å². The number of carbonyl (C=O) groups is 1. The highest BCUT2D eigenvalue weighted by Gasteiger charge is 2.21. The first-order chi connectivity index (χ1) is 9.81. The van der Waals surface area contributed by atoms with Gasteiger partial charge < -0.3 is 9.84 Å². The van der Waals surface area contributed by atoms with Crippen molar-refractivity contribution in [2.45, 2.75) is 31.6 Å². The van der Waals surface area contributed by atoms with Gasteiger partial charge in [0.25, 0.3) is 0 Å². The molecule has 1 unspecified atom stereocenters. The van der Waals surface area contributed by atoms with Crippen LogP contribution in [0.5, 0.6) is 5.75 Å². The average molecular weight is 315 g/mol. The van der Waals surface area contributed by atoms with Crippen LogP contribution < -0.4 is 9.46 Å². The van der Waals surface area contributed by atoms with Gasteiger partial charge in [-0.1, -0.05) is 13.3 Å². The molecule has 0 spiro atoms. The molecule has 118 valence electrons. The van der Waals surface area contributed by atoms with Crippen molar-refractivity contribution < 1.29 is 23.1 Å². The van der Waals surface area contributed by atoms with Crippen molar-refractivity contribution in [3.63, 3.8) is 0 Å². The Bertz CT molecular complexity index is 597. The first kappa shape index (κ1) is 17.5. The lowest BCUT2D eigenvalue weighted by Crippen LogP contribution is -2.33. The van der Waals surface area contributed by atoms with Crippen LogP contribution in [0.3, 0.4) is 0 Å². The molecule has 0 fully saturated rings. The molecule has 21 heavy (non-hydrogen) atoms. The highest BCUT2D eigenvalue weighted by Crippen LogP contribution is 2.21. The number of carboxylic acid groups (broad SMARTS) is 1. The Kier molecular flexibility index (Phi) is 6.17. The molecule has 1 aromatic rings. The molecule has 0 aliphatic carbocycles. The highest BCUT2D eigenvalue weighted by atomic mass is 32.2. The predicted molar refractivity (Wildman–Crippen MR) is 79.0 cm³/mol. The number of aliphatic carboxylic acids is 1. The van der Waals surface area contributed by atoms with Crippen molar-refractivity contribution in [1.29, 1.82) is 0 Å². The fourth-order valence-electron chi connectivity index (χ4n) is 1.97. The molecule has 0 aliphatic rings. The second-order valence-electron chi connectivity index (χ2n) is 4.81. The molecule has 0 aromatic heterocycles. The number of ether oxygens (including phenoxy) is 1. The minimum absolute atomic E-state index is 0.0986. The second-order valence-corrected chi connectivity index (χ2v) is 6.57. The number of hydrogen-bond donors (Lipinski definition) is 2. The molecule has 6 nitrogen and oxygen atoms in total. The van der Waals surface area contributed by atoms with E-state index >= 15 is 0 Å². The van der Waals surface area contributed by atoms with E-state index in [4.69, 9.17) is 9.84 Å². The van der Waals surface area contributed by atoms with Gasteiger partial charge in [0.2, 0.25) is 10.0 Å². The first-order valence-electron chi connectivity index (χ1n) is 6.69. The smallest absolute Gasteiger partial charge is 0.307 e. The molecule has 1 aromatic carbocycles. The van der Waals surface area contributed by atoms with E-state index in [9.17, 15) is 13.2 Å². The van der Waals surface area contributed by atoms with Gasteiger partial charge >= 0.3 is 5.97 Å². The van der Waals surface area contributed by atoms with Crippen molar-refractivity contribution in [2.24, 2.45) is 5.92 Å². The quantitative estimate of drug-likeness (QED) is 0.763. The second kappa shape index (κ2) is 7.42. The van der Waals surface area contributed by atoms with Gasteiger partial charge in [0.1, 0.15) is 5.75 Å². The summed E-state index contributed by atoms with van der Waals surface area (Å²) in [5.41, 5.74) is 0.698. The van der Waals surface area contributed by atoms with E-state index in [-0.39, 0.29) is 11.4 Å². The Balaban J connectivity index is 2.86. The van der Waals surface area contributed by atoms with Gasteiger partial charge in [-0.15, -0.1) is 0 Å². The Morgan fingerprint density at radius 3 is 2.57 bits per heavy atom. The zero-order valence-electron chi connectivity index (χ0n) is 12.4. The van der Waals surface area contributed by atoms with Crippen LogP contribution >= 0.6 is 0 Å². The van der Waals surface area contributed by atoms with Gasteiger partial charge in [-0.05, 0) is 37.1 Å². The number of methoxy groups -OCH3 is 1. The van der Waals surface area contributed by atoms with Gasteiger partial charge in [0, 0.05) is 6.54 Å². The molecular weight excluding hydrogens is 294 g/mol. The van der Waals surface area contributed by atoms with Crippen molar-refractivity contribution in [1.82, 2.24) is 4.72 Å². The molecule has 0 aliphatic heterocycles. The molecule has 2 N–H and O–H groups in total. The lowest BCUT2D eigenvalue weighted by molar-refractivity contribution is -0.141. The zero-order chi connectivity index (χ0) is 16.0. The third-order valence-electron chi connectivity index (χ3n) is 3.18. The number of benzene rings is 1. The summed E-state index contributed by atoms with van der Waals surface area (Å²) >= 11 is 0. The largest absolute Gasteiger partial charge is 0.496 e. The van der Waals surface area contributed by atoms with Gasteiger partial charge in [-0.25, -0.2) is 13.1 Å². The molecule has 0 heterocycles. The molecule has 1 rings (SSSR count). The standard InChI is InChI=1S/C14H21NO5S/c1-4-5-11(14(16)17)9-15-21(18,19)12-6-7-13(20-3)10(2)8-12/h6-8,11,15H,4-5,9H2,1-3H3,(H,16,17). The minimum atomic E-state index is -3.72. The summed E-state index contributed by atoms with van der Waals surface area (Å²) in [6.45, 7) is 3.49. The van der Waals surface area contributed by atoms with E-state index in [0.29, 0.717) is 24.2 Å². The lowest BCUT2D eigenvalue weighted by Gasteiger charge is -2.13. The summed E-state index contributed by atoms with van der Waals surface area (Å²) in [6, 6.07) is 4.51. The summed E-state index contributed by atoms with van der Waals surface area (Å²) < 4.78 is 31.8. The molecule has 0 bridgehead atoms. The Morgan fingerprint density at radius 2 is 2.10 bits per heavy atom. The third kappa shape index (κ3) is 4.71. The number of hydrogen-bond acceptors (Lipinski definition) is 4. The molecular formula is C14H21NO5S. The molecule has 7 heteroatoms. The normalized spacial score (nSPS) is 12.9. The van der Waals surface area contributed by atoms with E-state index in [0.717, 1.165) is 0 Å². The van der Waals surface area contributed by atoms with Crippen LogP contribution in [0.25, 0.3) is 0 Å². The summed E-state index contributed by atoms with van der Waals surface area (Å²) in [7, 11) is -2.21. The molecule has 0 saturated heterocycles. The summed E-state index contributed by atoms with van der Waals surface area (Å²) in [6.07, 6.45) is 1.11. The number of nitrogens with one attached hydrogen (secondary N) is 1. The van der Waals surface area contributed by atoms with Crippen LogP contribution in [0, 0.1) is 12.8 Å². The maximum Gasteiger partial charge on any atom is 0.307 e. The fraction of sp³-hybridized carbons (Fsp3) is 0.500. The monoisotopic (exact) mass is 315 g/mol. The van der Waals surface area contributed by atoms with Crippen molar-refractivity contribution in [2.75, 3.05) is 13.7 Å². The first-order valence-corrected chi connectivity index (χ1v) is 8.17. The Labute approximate surface area is 125 Å². The van der Waals surface area contributed by atoms with E-state index in [1.807, 2.05) is 6.92 Å². The van der Waals surface area contributed by atoms with E-state index < -0.39 is 21.9 Å². The van der Waals surface area contributed by atoms with E-state index in [1.54, 1.807) is 13.0 Å². The number of carboxylic acids is 1. The summed E-state index contributed by atoms with van der Waals surface area (Å²) in [5.74, 6) is -1.11. The molecule has 0 radical (unpaired) electrons. The lowest BCUT2D eigenvalue weighted by atomic mass is 10.1. The van der Waals surface area contributed by atoms with E-state index in [1.165, 1.54) is 19.2 Å². The van der Waals surface area contributed by atoms with Crippen LogP contribution in [-0.4, -0.2) is 33.1 Å². The maximum absolute atomic E-state index is 12.2. The van der Waals surface area contributed by atoms with Crippen molar-refractivity contribution >= 4 is 16.0 Å². The Hall–Kier alpha value is -1.60. The van der Waals surface area contributed by atoms with Crippen LogP contribution in [0.4, 0.5) is 0 Å². The molecule has 1 atom stereocenters. The fourth-order valence-corrected chi connectivity index (χ4v) is 3.14. The summed E-state index contributed by atoms with van der Waals surface area (Å²) in [4.78, 5) is 11.1. The maximum atomic E-state index is 12.2. The highest BCUT2D eigenvalue weighted by molar-refractivity contribution is 7.89. The van der Waals surface area contributed by atoms with Crippen LogP contribution in [-0.2, 0) is 14.8 Å². The SMILES string of the molecule is CCCC(CNS(=O)(=O)c1ccc(OC)c(C)c1)C(=O)O. The van der Waals surface area contributed by atoms with E-state index in [2.05, 4.69) is 4.72 Å². The predicted octanol–water partition coefficient (Wildman–Crippen LogP) is 1.78. The molecule has 0 saturated carbocycles. The van der Waals surface area contributed by atoms with Gasteiger partial charge in [-0.2, -0.15) is 0 Å². The topological polar surface area (TPSA) is 92.7 Å². The van der Waals surface area contributed by atoms with Crippen molar-refractivity contribution in [3.05, 3.63) is 23.8 Å². The van der Waals surface area contributed by atoms with Crippen molar-refractivity contribution in [3.8, 4) is 5.75 Å². The number of sulfonamides is 1. The Morgan fingerprint density at radius 1 is 1.43 bits per heavy atom. The third-order valence-corrected chi connectivity index (χ3v) is 4.60. The van der Waals surface area contributed by atoms with Gasteiger partial charge in [0.15, 0.2) is 0 Å². The van der Waals surface area contributed by atoms with Crippen LogP contribution in [0.2, 0.25) is 0 Å². The van der Waals surface area contributed by atoms with Gasteiger partial charge in [0.05, 0.1) is 17.9 Å². The average Bonchev–Trinajstić information content (AvgIpc) is 2.43.